The van der Waals surface area contributed by atoms with Crippen LogP contribution in [0.25, 0.3) is 39.2 Å². The maximum atomic E-state index is 5.21. The number of hydrogen-bond acceptors (Lipinski definition) is 3. The molecule has 0 aliphatic rings. The number of fused-ring (bicyclic) bond motifs is 1. The maximum Gasteiger partial charge on any atom is 0.0716 e. The summed E-state index contributed by atoms with van der Waals surface area (Å²) in [5.74, 6) is 0. The molecule has 0 spiro atoms. The molecule has 0 radical (unpaired) electrons. The van der Waals surface area contributed by atoms with Crippen LogP contribution in [0.15, 0.2) is 175 Å². The van der Waals surface area contributed by atoms with Gasteiger partial charge < -0.3 is 0 Å². The number of aliphatic imine (C=N–C) groups is 2. The third-order valence-corrected chi connectivity index (χ3v) is 9.29. The molecular formula is C49H45N3. The van der Waals surface area contributed by atoms with Gasteiger partial charge in [0, 0.05) is 28.9 Å². The van der Waals surface area contributed by atoms with Gasteiger partial charge in [-0.25, -0.2) is 0 Å². The van der Waals surface area contributed by atoms with E-state index >= 15 is 0 Å². The first-order chi connectivity index (χ1) is 25.6. The molecule has 0 bridgehead atoms. The number of benzene rings is 5. The molecule has 52 heavy (non-hydrogen) atoms. The second-order valence-corrected chi connectivity index (χ2v) is 12.8. The Kier molecular flexibility index (Phi) is 12.1. The average Bonchev–Trinajstić information content (AvgIpc) is 3.20. The van der Waals surface area contributed by atoms with Crippen molar-refractivity contribution < 1.29 is 0 Å². The van der Waals surface area contributed by atoms with Crippen molar-refractivity contribution in [2.75, 3.05) is 0 Å². The monoisotopic (exact) mass is 675 g/mol. The van der Waals surface area contributed by atoms with Crippen molar-refractivity contribution in [2.24, 2.45) is 9.98 Å². The van der Waals surface area contributed by atoms with E-state index in [1.807, 2.05) is 24.5 Å². The van der Waals surface area contributed by atoms with E-state index in [4.69, 9.17) is 4.99 Å². The van der Waals surface area contributed by atoms with Gasteiger partial charge in [-0.3, -0.25) is 15.0 Å². The Bertz CT molecular complexity index is 2390. The first-order valence-corrected chi connectivity index (χ1v) is 18.0. The Balaban J connectivity index is 1.35. The van der Waals surface area contributed by atoms with Gasteiger partial charge in [0.25, 0.3) is 0 Å². The number of allylic oxidation sites excluding steroid dienone is 4. The largest absolute Gasteiger partial charge is 0.280 e. The molecule has 0 N–H and O–H groups in total. The molecule has 6 rings (SSSR count). The molecule has 5 aromatic carbocycles. The lowest BCUT2D eigenvalue weighted by molar-refractivity contribution is 0.991. The van der Waals surface area contributed by atoms with Gasteiger partial charge >= 0.3 is 0 Å². The maximum absolute atomic E-state index is 5.21. The summed E-state index contributed by atoms with van der Waals surface area (Å²) >= 11 is 0. The summed E-state index contributed by atoms with van der Waals surface area (Å²) in [6.45, 7) is 12.7. The van der Waals surface area contributed by atoms with Crippen molar-refractivity contribution in [3.05, 3.63) is 203 Å². The Morgan fingerprint density at radius 3 is 2.33 bits per heavy atom. The topological polar surface area (TPSA) is 37.6 Å². The van der Waals surface area contributed by atoms with E-state index in [2.05, 4.69) is 171 Å². The summed E-state index contributed by atoms with van der Waals surface area (Å²) in [6.07, 6.45) is 17.2. The standard InChI is InChI=1S/C49H45N3/c1-5-7-9-15-37-23-25-42(26-24-37)49(52-33-38-16-14-20-43(31-38)36(3)45-21-12-10-18-39(45)17-8-6-2)32-48(50-4)41-29-27-40(28-30-41)47-35-51-34-44-19-11-13-22-46(44)47/h5,7,9-14,16-32,34-35H,1,4,6,8,15,33H2,2-3H3/b9-7-,39-17-,45-36+,48-32-,52-49?. The molecule has 0 aliphatic heterocycles. The van der Waals surface area contributed by atoms with Gasteiger partial charge in [-0.1, -0.05) is 159 Å². The van der Waals surface area contributed by atoms with Crippen LogP contribution >= 0.6 is 0 Å². The van der Waals surface area contributed by atoms with E-state index in [9.17, 15) is 0 Å². The highest BCUT2D eigenvalue weighted by atomic mass is 14.8. The summed E-state index contributed by atoms with van der Waals surface area (Å²) in [6, 6.07) is 42.8. The molecule has 256 valence electrons. The van der Waals surface area contributed by atoms with Crippen LogP contribution in [0.2, 0.25) is 0 Å². The van der Waals surface area contributed by atoms with Gasteiger partial charge in [0.15, 0.2) is 0 Å². The molecule has 0 fully saturated rings. The smallest absolute Gasteiger partial charge is 0.0716 e. The molecule has 1 heterocycles. The summed E-state index contributed by atoms with van der Waals surface area (Å²) in [7, 11) is 0. The van der Waals surface area contributed by atoms with Gasteiger partial charge in [0.05, 0.1) is 18.0 Å². The van der Waals surface area contributed by atoms with Gasteiger partial charge in [-0.2, -0.15) is 0 Å². The normalized spacial score (nSPS) is 13.1. The van der Waals surface area contributed by atoms with Crippen LogP contribution < -0.4 is 10.4 Å². The fourth-order valence-corrected chi connectivity index (χ4v) is 6.40. The van der Waals surface area contributed by atoms with E-state index < -0.39 is 0 Å². The minimum atomic E-state index is 0.526. The van der Waals surface area contributed by atoms with Gasteiger partial charge in [0.2, 0.25) is 0 Å². The van der Waals surface area contributed by atoms with Crippen LogP contribution in [0.4, 0.5) is 0 Å². The van der Waals surface area contributed by atoms with E-state index in [1.165, 1.54) is 32.5 Å². The number of pyridine rings is 1. The van der Waals surface area contributed by atoms with Crippen LogP contribution in [0.1, 0.15) is 54.5 Å². The summed E-state index contributed by atoms with van der Waals surface area (Å²) in [5, 5.41) is 4.85. The molecule has 0 saturated heterocycles. The van der Waals surface area contributed by atoms with E-state index in [1.54, 1.807) is 6.08 Å². The zero-order valence-electron chi connectivity index (χ0n) is 30.2. The van der Waals surface area contributed by atoms with Crippen LogP contribution in [0, 0.1) is 0 Å². The van der Waals surface area contributed by atoms with Gasteiger partial charge in [0.1, 0.15) is 0 Å². The number of aromatic nitrogens is 1. The van der Waals surface area contributed by atoms with Gasteiger partial charge in [-0.15, -0.1) is 0 Å². The molecule has 0 amide bonds. The predicted octanol–water partition coefficient (Wildman–Crippen LogP) is 10.7. The quantitative estimate of drug-likeness (QED) is 0.0887. The molecule has 0 saturated carbocycles. The van der Waals surface area contributed by atoms with Crippen LogP contribution in [0.5, 0.6) is 0 Å². The molecule has 3 heteroatoms. The predicted molar refractivity (Wildman–Crippen MR) is 224 cm³/mol. The summed E-state index contributed by atoms with van der Waals surface area (Å²) in [5.41, 5.74) is 10.6. The van der Waals surface area contributed by atoms with Gasteiger partial charge in [-0.05, 0) is 87.8 Å². The van der Waals surface area contributed by atoms with E-state index in [0.29, 0.717) is 6.54 Å². The second-order valence-electron chi connectivity index (χ2n) is 12.8. The minimum absolute atomic E-state index is 0.526. The highest BCUT2D eigenvalue weighted by Gasteiger charge is 2.09. The summed E-state index contributed by atoms with van der Waals surface area (Å²) in [4.78, 5) is 14.2. The van der Waals surface area contributed by atoms with Crippen molar-refractivity contribution in [3.63, 3.8) is 0 Å². The second kappa shape index (κ2) is 17.6. The average molecular weight is 676 g/mol. The van der Waals surface area contributed by atoms with Crippen LogP contribution in [0.3, 0.4) is 0 Å². The minimum Gasteiger partial charge on any atom is -0.280 e. The fourth-order valence-electron chi connectivity index (χ4n) is 6.40. The van der Waals surface area contributed by atoms with E-state index in [-0.39, 0.29) is 0 Å². The summed E-state index contributed by atoms with van der Waals surface area (Å²) < 4.78 is 0. The first-order valence-electron chi connectivity index (χ1n) is 18.0. The number of rotatable bonds is 13. The Morgan fingerprint density at radius 1 is 0.769 bits per heavy atom. The Hall–Kier alpha value is -6.19. The van der Waals surface area contributed by atoms with Crippen molar-refractivity contribution in [1.29, 1.82) is 0 Å². The van der Waals surface area contributed by atoms with Crippen molar-refractivity contribution >= 4 is 40.5 Å². The zero-order chi connectivity index (χ0) is 36.1. The fraction of sp³-hybridized carbons (Fsp3) is 0.122. The molecule has 1 aromatic heterocycles. The molecule has 0 aliphatic carbocycles. The molecule has 0 atom stereocenters. The third-order valence-electron chi connectivity index (χ3n) is 9.29. The molecule has 6 aromatic rings. The Labute approximate surface area is 308 Å². The Morgan fingerprint density at radius 2 is 1.54 bits per heavy atom. The lowest BCUT2D eigenvalue weighted by Gasteiger charge is -2.10. The SMILES string of the molecule is C=C/C=C\Cc1ccc(C(/C=C(\N=C)c2ccc(-c3cncc4ccccc34)cc2)=NCc2cccc(/C(C)=c3\cccc\c3=C\CCC)c2)cc1. The van der Waals surface area contributed by atoms with E-state index in [0.717, 1.165) is 63.9 Å². The van der Waals surface area contributed by atoms with Crippen molar-refractivity contribution in [3.8, 4) is 11.1 Å². The van der Waals surface area contributed by atoms with Crippen LogP contribution in [-0.4, -0.2) is 17.4 Å². The number of hydrogen-bond donors (Lipinski definition) is 0. The number of unbranched alkanes of at least 4 members (excludes halogenated alkanes) is 1. The van der Waals surface area contributed by atoms with Crippen LogP contribution in [-0.2, 0) is 13.0 Å². The highest BCUT2D eigenvalue weighted by molar-refractivity contribution is 6.12. The van der Waals surface area contributed by atoms with Crippen molar-refractivity contribution in [1.82, 2.24) is 4.98 Å². The lowest BCUT2D eigenvalue weighted by atomic mass is 9.98. The third kappa shape index (κ3) is 8.75. The molecule has 3 nitrogen and oxygen atoms in total. The van der Waals surface area contributed by atoms with Crippen molar-refractivity contribution in [2.45, 2.75) is 39.7 Å². The lowest BCUT2D eigenvalue weighted by Crippen LogP contribution is -2.26. The molecular weight excluding hydrogens is 631 g/mol. The number of nitrogens with zero attached hydrogens (tertiary/aromatic N) is 3. The zero-order valence-corrected chi connectivity index (χ0v) is 30.2. The first kappa shape index (κ1) is 35.6. The highest BCUT2D eigenvalue weighted by Crippen LogP contribution is 2.29. The molecule has 0 unspecified atom stereocenters.